The summed E-state index contributed by atoms with van der Waals surface area (Å²) in [6, 6.07) is 11.1. The summed E-state index contributed by atoms with van der Waals surface area (Å²) >= 11 is 0. The molecule has 40 heavy (non-hydrogen) atoms. The normalized spacial score (nSPS) is 14.8. The van der Waals surface area contributed by atoms with Crippen molar-refractivity contribution in [3.63, 3.8) is 0 Å². The number of hydrogen-bond donors (Lipinski definition) is 1. The number of aryl methyl sites for hydroxylation is 2. The van der Waals surface area contributed by atoms with Gasteiger partial charge >= 0.3 is 0 Å². The summed E-state index contributed by atoms with van der Waals surface area (Å²) in [7, 11) is 0.954. The Labute approximate surface area is 238 Å². The van der Waals surface area contributed by atoms with Gasteiger partial charge in [-0.1, -0.05) is 25.7 Å². The highest BCUT2D eigenvalue weighted by Crippen LogP contribution is 2.35. The number of phenols is 1. The first-order valence-corrected chi connectivity index (χ1v) is 17.9. The lowest BCUT2D eigenvalue weighted by atomic mass is 9.96. The Hall–Kier alpha value is -3.27. The molecule has 0 amide bonds. The number of imidazole rings is 1. The van der Waals surface area contributed by atoms with Gasteiger partial charge in [0.25, 0.3) is 0 Å². The van der Waals surface area contributed by atoms with E-state index in [1.165, 1.54) is 0 Å². The second kappa shape index (κ2) is 11.3. The van der Waals surface area contributed by atoms with Crippen LogP contribution in [0.2, 0.25) is 25.7 Å². The summed E-state index contributed by atoms with van der Waals surface area (Å²) in [5.41, 5.74) is 7.36. The van der Waals surface area contributed by atoms with E-state index in [1.54, 1.807) is 6.07 Å². The molecule has 1 aliphatic rings. The fourth-order valence-electron chi connectivity index (χ4n) is 5.29. The third-order valence-electron chi connectivity index (χ3n) is 7.87. The van der Waals surface area contributed by atoms with E-state index >= 15 is 0 Å². The molecule has 0 unspecified atom stereocenters. The molecule has 0 saturated carbocycles. The molecule has 0 atom stereocenters. The maximum absolute atomic E-state index is 10.4. The molecule has 5 rings (SSSR count). The zero-order chi connectivity index (χ0) is 28.6. The number of fused-ring (bicyclic) bond motifs is 1. The van der Waals surface area contributed by atoms with Gasteiger partial charge in [0.1, 0.15) is 29.6 Å². The van der Waals surface area contributed by atoms with Crippen LogP contribution < -0.4 is 4.90 Å². The summed E-state index contributed by atoms with van der Waals surface area (Å²) in [6.45, 7) is 18.3. The van der Waals surface area contributed by atoms with Gasteiger partial charge in [-0.05, 0) is 74.8 Å². The van der Waals surface area contributed by atoms with Crippen LogP contribution in [0.5, 0.6) is 5.75 Å². The number of anilines is 1. The third kappa shape index (κ3) is 5.91. The summed E-state index contributed by atoms with van der Waals surface area (Å²) in [5, 5.41) is 10.4. The molecule has 0 spiro atoms. The number of phenolic OH excluding ortho intramolecular Hbond substituents is 1. The van der Waals surface area contributed by atoms with Gasteiger partial charge in [-0.3, -0.25) is 4.57 Å². The average molecular weight is 559 g/mol. The van der Waals surface area contributed by atoms with E-state index in [-0.39, 0.29) is 5.75 Å². The maximum atomic E-state index is 10.4. The van der Waals surface area contributed by atoms with Gasteiger partial charge in [-0.25, -0.2) is 15.0 Å². The fourth-order valence-corrected chi connectivity index (χ4v) is 6.04. The van der Waals surface area contributed by atoms with Crippen molar-refractivity contribution in [2.24, 2.45) is 0 Å². The predicted octanol–water partition coefficient (Wildman–Crippen LogP) is 5.86. The van der Waals surface area contributed by atoms with Crippen LogP contribution in [-0.2, 0) is 11.5 Å². The van der Waals surface area contributed by atoms with Crippen LogP contribution in [0.4, 0.5) is 5.82 Å². The molecule has 1 aliphatic heterocycles. The van der Waals surface area contributed by atoms with Crippen molar-refractivity contribution in [1.29, 1.82) is 0 Å². The Morgan fingerprint density at radius 1 is 0.975 bits per heavy atom. The molecule has 1 N–H and O–H groups in total. The number of aromatic hydroxyl groups is 1. The first-order valence-electron chi connectivity index (χ1n) is 14.2. The van der Waals surface area contributed by atoms with Crippen LogP contribution in [0.25, 0.3) is 33.7 Å². The molecular formula is C31H42N6O2Si. The van der Waals surface area contributed by atoms with Gasteiger partial charge in [0.15, 0.2) is 5.65 Å². The van der Waals surface area contributed by atoms with Crippen LogP contribution in [-0.4, -0.2) is 77.4 Å². The molecule has 4 heterocycles. The minimum absolute atomic E-state index is 0.282. The molecule has 1 saturated heterocycles. The number of aromatic nitrogens is 4. The largest absolute Gasteiger partial charge is 0.508 e. The lowest BCUT2D eigenvalue weighted by molar-refractivity contribution is 0.0906. The second-order valence-corrected chi connectivity index (χ2v) is 17.9. The highest BCUT2D eigenvalue weighted by molar-refractivity contribution is 6.76. The number of nitrogens with zero attached hydrogens (tertiary/aromatic N) is 6. The lowest BCUT2D eigenvalue weighted by Crippen LogP contribution is -2.44. The van der Waals surface area contributed by atoms with Crippen molar-refractivity contribution in [1.82, 2.24) is 24.4 Å². The van der Waals surface area contributed by atoms with Crippen LogP contribution in [0.3, 0.4) is 0 Å². The number of likely N-dealkylation sites (N-methyl/N-ethyl adjacent to an activating group) is 1. The van der Waals surface area contributed by atoms with E-state index in [1.807, 2.05) is 19.2 Å². The Morgan fingerprint density at radius 3 is 2.42 bits per heavy atom. The highest BCUT2D eigenvalue weighted by atomic mass is 28.3. The molecule has 0 aliphatic carbocycles. The van der Waals surface area contributed by atoms with Crippen molar-refractivity contribution < 1.29 is 9.84 Å². The summed E-state index contributed by atoms with van der Waals surface area (Å²) in [6.07, 6.45) is 1.88. The molecule has 3 aromatic heterocycles. The Bertz CT molecular complexity index is 1520. The average Bonchev–Trinajstić information content (AvgIpc) is 3.26. The quantitative estimate of drug-likeness (QED) is 0.214. The molecule has 1 fully saturated rings. The van der Waals surface area contributed by atoms with Crippen LogP contribution in [0.15, 0.2) is 36.5 Å². The molecule has 4 aromatic rings. The van der Waals surface area contributed by atoms with Gasteiger partial charge in [-0.15, -0.1) is 0 Å². The van der Waals surface area contributed by atoms with Crippen molar-refractivity contribution in [3.05, 3.63) is 53.3 Å². The number of rotatable bonds is 8. The highest BCUT2D eigenvalue weighted by Gasteiger charge is 2.21. The molecule has 1 aromatic carbocycles. The first-order chi connectivity index (χ1) is 19.0. The van der Waals surface area contributed by atoms with Gasteiger partial charge in [0, 0.05) is 58.2 Å². The summed E-state index contributed by atoms with van der Waals surface area (Å²) in [5.74, 6) is 2.11. The van der Waals surface area contributed by atoms with E-state index in [4.69, 9.17) is 19.7 Å². The van der Waals surface area contributed by atoms with Crippen LogP contribution >= 0.6 is 0 Å². The molecule has 8 nitrogen and oxygen atoms in total. The summed E-state index contributed by atoms with van der Waals surface area (Å²) in [4.78, 5) is 19.7. The Balaban J connectivity index is 1.54. The number of hydrogen-bond acceptors (Lipinski definition) is 7. The number of benzene rings is 1. The standard InChI is InChI=1S/C31H42N6O2Si/c1-21-8-10-27(38)22(2)29(21)24-18-26-31(32-19-24)37(20-39-16-17-40(5,6)7)30(34-26)25-9-11-28(33-23(25)3)36-14-12-35(4)13-15-36/h8-11,18-19,38H,12-17,20H2,1-7H3. The Kier molecular flexibility index (Phi) is 7.99. The third-order valence-corrected chi connectivity index (χ3v) is 9.58. The maximum Gasteiger partial charge on any atom is 0.162 e. The smallest absolute Gasteiger partial charge is 0.162 e. The lowest BCUT2D eigenvalue weighted by Gasteiger charge is -2.33. The minimum Gasteiger partial charge on any atom is -0.508 e. The van der Waals surface area contributed by atoms with E-state index in [2.05, 4.69) is 73.1 Å². The van der Waals surface area contributed by atoms with Crippen molar-refractivity contribution in [2.75, 3.05) is 44.7 Å². The topological polar surface area (TPSA) is 79.5 Å². The molecule has 9 heteroatoms. The van der Waals surface area contributed by atoms with Crippen molar-refractivity contribution in [2.45, 2.75) is 53.2 Å². The van der Waals surface area contributed by atoms with E-state index in [0.29, 0.717) is 13.3 Å². The Morgan fingerprint density at radius 2 is 1.73 bits per heavy atom. The van der Waals surface area contributed by atoms with Crippen molar-refractivity contribution in [3.8, 4) is 28.3 Å². The number of ether oxygens (including phenoxy) is 1. The summed E-state index contributed by atoms with van der Waals surface area (Å²) < 4.78 is 8.29. The van der Waals surface area contributed by atoms with E-state index in [0.717, 1.165) is 88.5 Å². The minimum atomic E-state index is -1.21. The van der Waals surface area contributed by atoms with Gasteiger partial charge < -0.3 is 19.6 Å². The van der Waals surface area contributed by atoms with Gasteiger partial charge in [0.2, 0.25) is 0 Å². The molecule has 0 radical (unpaired) electrons. The van der Waals surface area contributed by atoms with E-state index in [9.17, 15) is 5.11 Å². The predicted molar refractivity (Wildman–Crippen MR) is 166 cm³/mol. The SMILES string of the molecule is Cc1ccc(O)c(C)c1-c1cnc2c(c1)nc(-c1ccc(N3CCN(C)CC3)nc1C)n2COCC[Si](C)(C)C. The molecular weight excluding hydrogens is 516 g/mol. The second-order valence-electron chi connectivity index (χ2n) is 12.3. The van der Waals surface area contributed by atoms with Crippen LogP contribution in [0, 0.1) is 20.8 Å². The monoisotopic (exact) mass is 558 g/mol. The zero-order valence-electron chi connectivity index (χ0n) is 25.0. The zero-order valence-corrected chi connectivity index (χ0v) is 26.0. The number of pyridine rings is 2. The van der Waals surface area contributed by atoms with Gasteiger partial charge in [0.05, 0.1) is 5.69 Å². The first kappa shape index (κ1) is 28.3. The number of piperazine rings is 1. The molecule has 0 bridgehead atoms. The fraction of sp³-hybridized carbons (Fsp3) is 0.452. The van der Waals surface area contributed by atoms with E-state index < -0.39 is 8.07 Å². The van der Waals surface area contributed by atoms with Crippen LogP contribution in [0.1, 0.15) is 16.8 Å². The molecule has 212 valence electrons. The van der Waals surface area contributed by atoms with Gasteiger partial charge in [-0.2, -0.15) is 0 Å². The van der Waals surface area contributed by atoms with Crippen molar-refractivity contribution >= 4 is 25.1 Å².